The number of hydrogen-bond acceptors (Lipinski definition) is 1. The molecular weight excluding hydrogens is 298 g/mol. The third-order valence-corrected chi connectivity index (χ3v) is 5.23. The van der Waals surface area contributed by atoms with Gasteiger partial charge in [0.15, 0.2) is 6.54 Å². The third-order valence-electron chi connectivity index (χ3n) is 4.07. The Labute approximate surface area is 140 Å². The van der Waals surface area contributed by atoms with Gasteiger partial charge in [-0.3, -0.25) is 0 Å². The van der Waals surface area contributed by atoms with Crippen LogP contribution in [0, 0.1) is 0 Å². The zero-order valence-electron chi connectivity index (χ0n) is 12.9. The standard InChI is InChI=1S/C21H18NS/c1-3-9-17(10-4-1)15-21-22(16-18-11-5-2-6-12-18)19-13-7-8-14-20(19)23-21/h1-14H,15-16H2/q+1. The van der Waals surface area contributed by atoms with Crippen molar-refractivity contribution in [3.63, 3.8) is 0 Å². The Morgan fingerprint density at radius 1 is 0.652 bits per heavy atom. The Kier molecular flexibility index (Phi) is 3.91. The van der Waals surface area contributed by atoms with Crippen molar-refractivity contribution in [3.8, 4) is 0 Å². The number of hydrogen-bond donors (Lipinski definition) is 0. The van der Waals surface area contributed by atoms with Crippen LogP contribution in [0.3, 0.4) is 0 Å². The molecular formula is C21H18NS+. The highest BCUT2D eigenvalue weighted by Crippen LogP contribution is 2.23. The minimum Gasteiger partial charge on any atom is -0.181 e. The lowest BCUT2D eigenvalue weighted by Crippen LogP contribution is -2.37. The van der Waals surface area contributed by atoms with Gasteiger partial charge < -0.3 is 0 Å². The summed E-state index contributed by atoms with van der Waals surface area (Å²) in [5.41, 5.74) is 4.03. The van der Waals surface area contributed by atoms with Crippen molar-refractivity contribution in [2.24, 2.45) is 0 Å². The number of benzene rings is 3. The first kappa shape index (κ1) is 14.2. The summed E-state index contributed by atoms with van der Waals surface area (Å²) in [6.45, 7) is 0.924. The SMILES string of the molecule is c1ccc(Cc2sc3ccccc3[n+]2Cc2ccccc2)cc1. The lowest BCUT2D eigenvalue weighted by molar-refractivity contribution is -0.665. The molecule has 0 aliphatic heterocycles. The van der Waals surface area contributed by atoms with Gasteiger partial charge in [-0.1, -0.05) is 84.1 Å². The average Bonchev–Trinajstić information content (AvgIpc) is 2.94. The highest BCUT2D eigenvalue weighted by Gasteiger charge is 2.20. The summed E-state index contributed by atoms with van der Waals surface area (Å²) in [5, 5.41) is 1.40. The van der Waals surface area contributed by atoms with Gasteiger partial charge in [0.2, 0.25) is 10.5 Å². The van der Waals surface area contributed by atoms with E-state index in [9.17, 15) is 0 Å². The Balaban J connectivity index is 1.78. The number of nitrogens with zero attached hydrogens (tertiary/aromatic N) is 1. The predicted molar refractivity (Wildman–Crippen MR) is 96.8 cm³/mol. The second-order valence-electron chi connectivity index (χ2n) is 5.70. The predicted octanol–water partition coefficient (Wildman–Crippen LogP) is 4.83. The molecule has 0 saturated heterocycles. The highest BCUT2D eigenvalue weighted by molar-refractivity contribution is 7.18. The van der Waals surface area contributed by atoms with Gasteiger partial charge in [-0.2, -0.15) is 4.57 Å². The largest absolute Gasteiger partial charge is 0.243 e. The van der Waals surface area contributed by atoms with Crippen molar-refractivity contribution >= 4 is 21.6 Å². The molecule has 4 rings (SSSR count). The molecule has 1 aromatic heterocycles. The van der Waals surface area contributed by atoms with E-state index in [0.717, 1.165) is 13.0 Å². The molecule has 0 atom stereocenters. The zero-order valence-corrected chi connectivity index (χ0v) is 13.7. The van der Waals surface area contributed by atoms with Crippen LogP contribution >= 0.6 is 11.3 Å². The molecule has 2 heteroatoms. The molecule has 0 fully saturated rings. The van der Waals surface area contributed by atoms with Crippen LogP contribution in [0.25, 0.3) is 10.2 Å². The Hall–Kier alpha value is -2.45. The molecule has 0 radical (unpaired) electrons. The summed E-state index contributed by atoms with van der Waals surface area (Å²) in [6, 6.07) is 30.1. The van der Waals surface area contributed by atoms with Crippen molar-refractivity contribution in [2.75, 3.05) is 0 Å². The molecule has 0 amide bonds. The van der Waals surface area contributed by atoms with Crippen LogP contribution in [0.1, 0.15) is 16.1 Å². The van der Waals surface area contributed by atoms with Crippen LogP contribution in [-0.2, 0) is 13.0 Å². The van der Waals surface area contributed by atoms with Crippen LogP contribution in [0.15, 0.2) is 84.9 Å². The van der Waals surface area contributed by atoms with Crippen LogP contribution < -0.4 is 4.57 Å². The van der Waals surface area contributed by atoms with E-state index in [1.54, 1.807) is 0 Å². The second kappa shape index (κ2) is 6.35. The Bertz CT molecular complexity index is 910. The maximum absolute atomic E-state index is 2.46. The average molecular weight is 316 g/mol. The van der Waals surface area contributed by atoms with Gasteiger partial charge in [-0.05, 0) is 11.6 Å². The number of thiazole rings is 1. The van der Waals surface area contributed by atoms with Gasteiger partial charge in [0.05, 0.1) is 6.42 Å². The van der Waals surface area contributed by atoms with Crippen LogP contribution in [0.2, 0.25) is 0 Å². The van der Waals surface area contributed by atoms with Gasteiger partial charge >= 0.3 is 0 Å². The molecule has 3 aromatic carbocycles. The molecule has 1 nitrogen and oxygen atoms in total. The number of aromatic nitrogens is 1. The van der Waals surface area contributed by atoms with Crippen LogP contribution in [0.4, 0.5) is 0 Å². The van der Waals surface area contributed by atoms with E-state index in [-0.39, 0.29) is 0 Å². The molecule has 0 saturated carbocycles. The van der Waals surface area contributed by atoms with Crippen molar-refractivity contribution < 1.29 is 4.57 Å². The fourth-order valence-electron chi connectivity index (χ4n) is 2.92. The van der Waals surface area contributed by atoms with Crippen molar-refractivity contribution in [1.82, 2.24) is 0 Å². The molecule has 0 aliphatic rings. The van der Waals surface area contributed by atoms with E-state index in [1.807, 2.05) is 11.3 Å². The normalized spacial score (nSPS) is 11.0. The fourth-order valence-corrected chi connectivity index (χ4v) is 4.12. The number of para-hydroxylation sites is 1. The first-order chi connectivity index (χ1) is 11.4. The third kappa shape index (κ3) is 3.03. The summed E-state index contributed by atoms with van der Waals surface area (Å²) in [4.78, 5) is 0. The second-order valence-corrected chi connectivity index (χ2v) is 6.81. The van der Waals surface area contributed by atoms with E-state index >= 15 is 0 Å². The van der Waals surface area contributed by atoms with Gasteiger partial charge in [-0.25, -0.2) is 0 Å². The lowest BCUT2D eigenvalue weighted by Gasteiger charge is -2.01. The molecule has 0 bridgehead atoms. The first-order valence-corrected chi connectivity index (χ1v) is 8.70. The monoisotopic (exact) mass is 316 g/mol. The van der Waals surface area contributed by atoms with Crippen LogP contribution in [0.5, 0.6) is 0 Å². The molecule has 23 heavy (non-hydrogen) atoms. The summed E-state index contributed by atoms with van der Waals surface area (Å²) >= 11 is 1.90. The minimum atomic E-state index is 0.924. The smallest absolute Gasteiger partial charge is 0.181 e. The molecule has 0 N–H and O–H groups in total. The van der Waals surface area contributed by atoms with E-state index < -0.39 is 0 Å². The molecule has 0 aliphatic carbocycles. The lowest BCUT2D eigenvalue weighted by atomic mass is 10.1. The zero-order chi connectivity index (χ0) is 15.5. The van der Waals surface area contributed by atoms with E-state index in [1.165, 1.54) is 26.4 Å². The first-order valence-electron chi connectivity index (χ1n) is 7.88. The molecule has 1 heterocycles. The van der Waals surface area contributed by atoms with Gasteiger partial charge in [-0.15, -0.1) is 0 Å². The Morgan fingerprint density at radius 3 is 2.00 bits per heavy atom. The van der Waals surface area contributed by atoms with Gasteiger partial charge in [0.25, 0.3) is 0 Å². The summed E-state index contributed by atoms with van der Waals surface area (Å²) in [5.74, 6) is 0. The van der Waals surface area contributed by atoms with Crippen molar-refractivity contribution in [2.45, 2.75) is 13.0 Å². The number of rotatable bonds is 4. The van der Waals surface area contributed by atoms with Crippen molar-refractivity contribution in [3.05, 3.63) is 101 Å². The molecule has 0 unspecified atom stereocenters. The maximum Gasteiger partial charge on any atom is 0.243 e. The quantitative estimate of drug-likeness (QED) is 0.475. The molecule has 4 aromatic rings. The van der Waals surface area contributed by atoms with E-state index in [2.05, 4.69) is 89.5 Å². The van der Waals surface area contributed by atoms with E-state index in [0.29, 0.717) is 0 Å². The van der Waals surface area contributed by atoms with Crippen molar-refractivity contribution in [1.29, 1.82) is 0 Å². The molecule has 112 valence electrons. The summed E-state index contributed by atoms with van der Waals surface area (Å²) in [7, 11) is 0. The fraction of sp³-hybridized carbons (Fsp3) is 0.0952. The molecule has 0 spiro atoms. The maximum atomic E-state index is 2.46. The minimum absolute atomic E-state index is 0.924. The number of fused-ring (bicyclic) bond motifs is 1. The van der Waals surface area contributed by atoms with Crippen LogP contribution in [-0.4, -0.2) is 0 Å². The van der Waals surface area contributed by atoms with Gasteiger partial charge in [0, 0.05) is 11.6 Å². The van der Waals surface area contributed by atoms with E-state index in [4.69, 9.17) is 0 Å². The highest BCUT2D eigenvalue weighted by atomic mass is 32.1. The summed E-state index contributed by atoms with van der Waals surface area (Å²) in [6.07, 6.45) is 0.979. The Morgan fingerprint density at radius 2 is 1.26 bits per heavy atom. The van der Waals surface area contributed by atoms with Gasteiger partial charge in [0.1, 0.15) is 4.70 Å². The topological polar surface area (TPSA) is 3.88 Å². The summed E-state index contributed by atoms with van der Waals surface area (Å²) < 4.78 is 3.82.